The standard InChI is InChI=1S/C15H29NO4/c1-6-15(19-12-11-18-5)7-9-16(10-8-15)13(17)20-14(2,3)4/h6-12H2,1-5H3. The monoisotopic (exact) mass is 287 g/mol. The zero-order valence-electron chi connectivity index (χ0n) is 13.5. The van der Waals surface area contributed by atoms with E-state index in [1.807, 2.05) is 20.8 Å². The van der Waals surface area contributed by atoms with Crippen molar-refractivity contribution < 1.29 is 19.0 Å². The molecule has 0 spiro atoms. The van der Waals surface area contributed by atoms with Gasteiger partial charge in [-0.25, -0.2) is 4.79 Å². The van der Waals surface area contributed by atoms with Crippen molar-refractivity contribution in [2.45, 2.75) is 58.2 Å². The van der Waals surface area contributed by atoms with E-state index in [0.717, 1.165) is 19.3 Å². The van der Waals surface area contributed by atoms with E-state index in [4.69, 9.17) is 14.2 Å². The van der Waals surface area contributed by atoms with E-state index in [0.29, 0.717) is 26.3 Å². The van der Waals surface area contributed by atoms with Gasteiger partial charge in [-0.1, -0.05) is 6.92 Å². The molecule has 1 fully saturated rings. The lowest BCUT2D eigenvalue weighted by atomic mass is 9.88. The minimum absolute atomic E-state index is 0.114. The van der Waals surface area contributed by atoms with Crippen molar-refractivity contribution in [3.05, 3.63) is 0 Å². The lowest BCUT2D eigenvalue weighted by molar-refractivity contribution is -0.0976. The Morgan fingerprint density at radius 3 is 2.25 bits per heavy atom. The molecule has 1 rings (SSSR count). The van der Waals surface area contributed by atoms with Gasteiger partial charge >= 0.3 is 6.09 Å². The van der Waals surface area contributed by atoms with Crippen LogP contribution in [-0.4, -0.2) is 55.6 Å². The predicted octanol–water partition coefficient (Wildman–Crippen LogP) is 2.83. The number of nitrogens with zero attached hydrogens (tertiary/aromatic N) is 1. The molecule has 0 atom stereocenters. The third-order valence-corrected chi connectivity index (χ3v) is 3.67. The molecule has 1 amide bonds. The highest BCUT2D eigenvalue weighted by molar-refractivity contribution is 5.68. The van der Waals surface area contributed by atoms with E-state index < -0.39 is 5.60 Å². The molecule has 5 nitrogen and oxygen atoms in total. The molecule has 0 unspecified atom stereocenters. The number of piperidine rings is 1. The lowest BCUT2D eigenvalue weighted by Crippen LogP contribution is -2.49. The first-order valence-electron chi connectivity index (χ1n) is 7.43. The van der Waals surface area contributed by atoms with E-state index in [9.17, 15) is 4.79 Å². The molecule has 1 aliphatic heterocycles. The molecule has 0 bridgehead atoms. The van der Waals surface area contributed by atoms with Crippen molar-refractivity contribution in [2.75, 3.05) is 33.4 Å². The zero-order valence-corrected chi connectivity index (χ0v) is 13.5. The van der Waals surface area contributed by atoms with Crippen LogP contribution in [0.5, 0.6) is 0 Å². The molecule has 0 N–H and O–H groups in total. The van der Waals surface area contributed by atoms with E-state index in [1.54, 1.807) is 12.0 Å². The van der Waals surface area contributed by atoms with E-state index in [-0.39, 0.29) is 11.7 Å². The first-order valence-corrected chi connectivity index (χ1v) is 7.43. The molecular weight excluding hydrogens is 258 g/mol. The topological polar surface area (TPSA) is 48.0 Å². The minimum Gasteiger partial charge on any atom is -0.444 e. The van der Waals surface area contributed by atoms with Crippen molar-refractivity contribution in [3.8, 4) is 0 Å². The maximum absolute atomic E-state index is 12.0. The zero-order chi connectivity index (χ0) is 15.2. The molecule has 20 heavy (non-hydrogen) atoms. The average molecular weight is 287 g/mol. The van der Waals surface area contributed by atoms with Crippen LogP contribution < -0.4 is 0 Å². The van der Waals surface area contributed by atoms with Gasteiger partial charge in [-0.05, 0) is 40.0 Å². The lowest BCUT2D eigenvalue weighted by Gasteiger charge is -2.41. The average Bonchev–Trinajstić information content (AvgIpc) is 2.38. The summed E-state index contributed by atoms with van der Waals surface area (Å²) in [4.78, 5) is 13.8. The highest BCUT2D eigenvalue weighted by Crippen LogP contribution is 2.30. The van der Waals surface area contributed by atoms with Gasteiger partial charge in [-0.15, -0.1) is 0 Å². The fourth-order valence-electron chi connectivity index (χ4n) is 2.36. The SMILES string of the molecule is CCC1(OCCOC)CCN(C(=O)OC(C)(C)C)CC1. The summed E-state index contributed by atoms with van der Waals surface area (Å²) in [7, 11) is 1.67. The normalized spacial score (nSPS) is 18.9. The number of amides is 1. The van der Waals surface area contributed by atoms with Gasteiger partial charge in [0.25, 0.3) is 0 Å². The van der Waals surface area contributed by atoms with Crippen LogP contribution in [-0.2, 0) is 14.2 Å². The Labute approximate surface area is 122 Å². The molecule has 0 saturated carbocycles. The van der Waals surface area contributed by atoms with Crippen molar-refractivity contribution in [3.63, 3.8) is 0 Å². The summed E-state index contributed by atoms with van der Waals surface area (Å²) in [5.74, 6) is 0. The van der Waals surface area contributed by atoms with Crippen LogP contribution in [0.25, 0.3) is 0 Å². The van der Waals surface area contributed by atoms with Crippen LogP contribution in [0, 0.1) is 0 Å². The highest BCUT2D eigenvalue weighted by atomic mass is 16.6. The van der Waals surface area contributed by atoms with Crippen molar-refractivity contribution >= 4 is 6.09 Å². The summed E-state index contributed by atoms with van der Waals surface area (Å²) in [5, 5.41) is 0. The van der Waals surface area contributed by atoms with Crippen LogP contribution in [0.3, 0.4) is 0 Å². The number of hydrogen-bond acceptors (Lipinski definition) is 4. The predicted molar refractivity (Wildman–Crippen MR) is 77.9 cm³/mol. The molecule has 0 aliphatic carbocycles. The minimum atomic E-state index is -0.439. The Kier molecular flexibility index (Phi) is 6.27. The van der Waals surface area contributed by atoms with Gasteiger partial charge < -0.3 is 19.1 Å². The van der Waals surface area contributed by atoms with Gasteiger partial charge in [0.15, 0.2) is 0 Å². The number of ether oxygens (including phenoxy) is 3. The number of carbonyl (C=O) groups excluding carboxylic acids is 1. The Balaban J connectivity index is 2.46. The molecule has 0 aromatic carbocycles. The summed E-state index contributed by atoms with van der Waals surface area (Å²) >= 11 is 0. The van der Waals surface area contributed by atoms with Gasteiger partial charge in [0.1, 0.15) is 5.60 Å². The summed E-state index contributed by atoms with van der Waals surface area (Å²) in [6.07, 6.45) is 2.44. The van der Waals surface area contributed by atoms with Gasteiger partial charge in [0.05, 0.1) is 18.8 Å². The Morgan fingerprint density at radius 1 is 1.20 bits per heavy atom. The summed E-state index contributed by atoms with van der Waals surface area (Å²) in [6.45, 7) is 10.4. The largest absolute Gasteiger partial charge is 0.444 e. The maximum Gasteiger partial charge on any atom is 0.410 e. The van der Waals surface area contributed by atoms with E-state index in [1.165, 1.54) is 0 Å². The number of methoxy groups -OCH3 is 1. The highest BCUT2D eigenvalue weighted by Gasteiger charge is 2.36. The van der Waals surface area contributed by atoms with Crippen LogP contribution in [0.15, 0.2) is 0 Å². The Hall–Kier alpha value is -0.810. The molecule has 1 saturated heterocycles. The van der Waals surface area contributed by atoms with Crippen LogP contribution in [0.1, 0.15) is 47.0 Å². The third kappa shape index (κ3) is 5.29. The molecule has 1 heterocycles. The molecule has 0 aromatic heterocycles. The second-order valence-electron chi connectivity index (χ2n) is 6.35. The quantitative estimate of drug-likeness (QED) is 0.730. The Bertz CT molecular complexity index is 303. The summed E-state index contributed by atoms with van der Waals surface area (Å²) in [5.41, 5.74) is -0.553. The maximum atomic E-state index is 12.0. The molecular formula is C15H29NO4. The first kappa shape index (κ1) is 17.2. The van der Waals surface area contributed by atoms with Crippen LogP contribution >= 0.6 is 0 Å². The smallest absolute Gasteiger partial charge is 0.410 e. The third-order valence-electron chi connectivity index (χ3n) is 3.67. The number of hydrogen-bond donors (Lipinski definition) is 0. The second-order valence-corrected chi connectivity index (χ2v) is 6.35. The van der Waals surface area contributed by atoms with Gasteiger partial charge in [0.2, 0.25) is 0 Å². The summed E-state index contributed by atoms with van der Waals surface area (Å²) < 4.78 is 16.4. The first-order chi connectivity index (χ1) is 9.32. The molecule has 118 valence electrons. The van der Waals surface area contributed by atoms with Gasteiger partial charge in [-0.3, -0.25) is 0 Å². The van der Waals surface area contributed by atoms with Gasteiger partial charge in [0, 0.05) is 20.2 Å². The fourth-order valence-corrected chi connectivity index (χ4v) is 2.36. The Morgan fingerprint density at radius 2 is 1.80 bits per heavy atom. The molecule has 0 aromatic rings. The molecule has 1 aliphatic rings. The second kappa shape index (κ2) is 7.27. The fraction of sp³-hybridized carbons (Fsp3) is 0.933. The molecule has 5 heteroatoms. The summed E-state index contributed by atoms with van der Waals surface area (Å²) in [6, 6.07) is 0. The molecule has 0 radical (unpaired) electrons. The van der Waals surface area contributed by atoms with E-state index >= 15 is 0 Å². The number of likely N-dealkylation sites (tertiary alicyclic amines) is 1. The van der Waals surface area contributed by atoms with Crippen LogP contribution in [0.4, 0.5) is 4.79 Å². The number of rotatable bonds is 5. The number of carbonyl (C=O) groups is 1. The van der Waals surface area contributed by atoms with Crippen molar-refractivity contribution in [1.82, 2.24) is 4.90 Å². The van der Waals surface area contributed by atoms with E-state index in [2.05, 4.69) is 6.92 Å². The van der Waals surface area contributed by atoms with Crippen molar-refractivity contribution in [1.29, 1.82) is 0 Å². The van der Waals surface area contributed by atoms with Crippen LogP contribution in [0.2, 0.25) is 0 Å². The van der Waals surface area contributed by atoms with Gasteiger partial charge in [-0.2, -0.15) is 0 Å². The van der Waals surface area contributed by atoms with Crippen molar-refractivity contribution in [2.24, 2.45) is 0 Å².